The van der Waals surface area contributed by atoms with Crippen LogP contribution in [0.1, 0.15) is 19.8 Å². The Labute approximate surface area is 90.0 Å². The summed E-state index contributed by atoms with van der Waals surface area (Å²) >= 11 is 0. The summed E-state index contributed by atoms with van der Waals surface area (Å²) < 4.78 is 22.6. The molecule has 0 aromatic heterocycles. The lowest BCUT2D eigenvalue weighted by molar-refractivity contribution is -0.143. The number of sulfone groups is 1. The lowest BCUT2D eigenvalue weighted by atomic mass is 10.2. The van der Waals surface area contributed by atoms with E-state index in [9.17, 15) is 13.2 Å². The summed E-state index contributed by atoms with van der Waals surface area (Å²) in [5.41, 5.74) is 0. The lowest BCUT2D eigenvalue weighted by Gasteiger charge is -2.25. The molecule has 0 bridgehead atoms. The highest BCUT2D eigenvalue weighted by Gasteiger charge is 2.27. The summed E-state index contributed by atoms with van der Waals surface area (Å²) in [6.45, 7) is 2.70. The van der Waals surface area contributed by atoms with Gasteiger partial charge in [-0.2, -0.15) is 0 Å². The minimum absolute atomic E-state index is 0.0801. The Balaban J connectivity index is 2.68. The molecule has 1 saturated heterocycles. The van der Waals surface area contributed by atoms with Crippen molar-refractivity contribution in [2.45, 2.75) is 25.8 Å². The van der Waals surface area contributed by atoms with E-state index in [-0.39, 0.29) is 11.5 Å². The highest BCUT2D eigenvalue weighted by atomic mass is 32.2. The van der Waals surface area contributed by atoms with Gasteiger partial charge in [0.2, 0.25) is 0 Å². The molecule has 1 N–H and O–H groups in total. The molecule has 0 spiro atoms. The first kappa shape index (κ1) is 12.4. The van der Waals surface area contributed by atoms with Crippen LogP contribution >= 0.6 is 0 Å². The van der Waals surface area contributed by atoms with Crippen molar-refractivity contribution >= 4 is 15.8 Å². The third-order valence-corrected chi connectivity index (χ3v) is 4.42. The van der Waals surface area contributed by atoms with Gasteiger partial charge in [0.25, 0.3) is 0 Å². The number of nitrogens with zero attached hydrogens (tertiary/aromatic N) is 1. The predicted molar refractivity (Wildman–Crippen MR) is 56.6 cm³/mol. The Morgan fingerprint density at radius 2 is 2.07 bits per heavy atom. The maximum absolute atomic E-state index is 11.3. The van der Waals surface area contributed by atoms with Gasteiger partial charge in [-0.1, -0.05) is 6.92 Å². The van der Waals surface area contributed by atoms with Crippen molar-refractivity contribution in [3.8, 4) is 0 Å². The van der Waals surface area contributed by atoms with E-state index >= 15 is 0 Å². The van der Waals surface area contributed by atoms with Crippen LogP contribution in [0.4, 0.5) is 0 Å². The molecule has 1 fully saturated rings. The van der Waals surface area contributed by atoms with Gasteiger partial charge in [0.1, 0.15) is 6.04 Å². The maximum atomic E-state index is 11.3. The fourth-order valence-electron chi connectivity index (χ4n) is 1.86. The second-order valence-electron chi connectivity index (χ2n) is 3.80. The van der Waals surface area contributed by atoms with Gasteiger partial charge in [-0.15, -0.1) is 0 Å². The molecule has 6 heteroatoms. The van der Waals surface area contributed by atoms with Gasteiger partial charge in [-0.25, -0.2) is 8.42 Å². The van der Waals surface area contributed by atoms with Crippen LogP contribution in [0, 0.1) is 0 Å². The van der Waals surface area contributed by atoms with Gasteiger partial charge in [0.05, 0.1) is 11.5 Å². The van der Waals surface area contributed by atoms with Crippen LogP contribution in [0.2, 0.25) is 0 Å². The van der Waals surface area contributed by atoms with E-state index in [0.29, 0.717) is 25.9 Å². The molecule has 1 rings (SSSR count). The fraction of sp³-hybridized carbons (Fsp3) is 0.889. The number of carboxylic acids is 1. The molecule has 1 unspecified atom stereocenters. The van der Waals surface area contributed by atoms with Crippen LogP contribution < -0.4 is 0 Å². The first-order valence-corrected chi connectivity index (χ1v) is 6.95. The van der Waals surface area contributed by atoms with Crippen LogP contribution in [-0.4, -0.2) is 55.0 Å². The quantitative estimate of drug-likeness (QED) is 0.743. The predicted octanol–water partition coefficient (Wildman–Crippen LogP) is -0.0299. The van der Waals surface area contributed by atoms with Crippen LogP contribution in [-0.2, 0) is 14.6 Å². The van der Waals surface area contributed by atoms with Gasteiger partial charge >= 0.3 is 5.97 Å². The van der Waals surface area contributed by atoms with Crippen molar-refractivity contribution in [1.29, 1.82) is 0 Å². The first-order valence-electron chi connectivity index (χ1n) is 5.13. The molecule has 0 amide bonds. The molecule has 0 aliphatic carbocycles. The van der Waals surface area contributed by atoms with Gasteiger partial charge in [-0.3, -0.25) is 9.69 Å². The Bertz CT molecular complexity index is 325. The van der Waals surface area contributed by atoms with E-state index in [2.05, 4.69) is 0 Å². The molecule has 0 radical (unpaired) electrons. The molecule has 1 heterocycles. The molecule has 1 atom stereocenters. The minimum atomic E-state index is -2.95. The number of aliphatic carboxylic acids is 1. The minimum Gasteiger partial charge on any atom is -0.480 e. The van der Waals surface area contributed by atoms with Crippen LogP contribution in [0.25, 0.3) is 0 Å². The topological polar surface area (TPSA) is 74.7 Å². The second-order valence-corrected chi connectivity index (χ2v) is 6.11. The molecule has 0 aromatic carbocycles. The number of hydrogen-bond donors (Lipinski definition) is 1. The van der Waals surface area contributed by atoms with Gasteiger partial charge in [-0.05, 0) is 19.4 Å². The molecular formula is C9H17NO4S. The highest BCUT2D eigenvalue weighted by Crippen LogP contribution is 2.11. The van der Waals surface area contributed by atoms with E-state index < -0.39 is 21.8 Å². The highest BCUT2D eigenvalue weighted by molar-refractivity contribution is 7.91. The molecule has 1 aliphatic heterocycles. The third kappa shape index (κ3) is 3.46. The average molecular weight is 235 g/mol. The van der Waals surface area contributed by atoms with Crippen molar-refractivity contribution in [3.05, 3.63) is 0 Å². The van der Waals surface area contributed by atoms with Crippen molar-refractivity contribution in [2.75, 3.05) is 24.6 Å². The number of carboxylic acid groups (broad SMARTS) is 1. The van der Waals surface area contributed by atoms with Crippen molar-refractivity contribution < 1.29 is 18.3 Å². The zero-order valence-electron chi connectivity index (χ0n) is 8.85. The van der Waals surface area contributed by atoms with Gasteiger partial charge in [0.15, 0.2) is 9.84 Å². The summed E-state index contributed by atoms with van der Waals surface area (Å²) in [5.74, 6) is -0.604. The van der Waals surface area contributed by atoms with E-state index in [1.807, 2.05) is 0 Å². The summed E-state index contributed by atoms with van der Waals surface area (Å²) in [6.07, 6.45) is 1.04. The summed E-state index contributed by atoms with van der Waals surface area (Å²) in [5, 5.41) is 8.96. The van der Waals surface area contributed by atoms with E-state index in [1.54, 1.807) is 11.8 Å². The Hall–Kier alpha value is -0.620. The molecule has 5 nitrogen and oxygen atoms in total. The number of carbonyl (C=O) groups is 1. The van der Waals surface area contributed by atoms with Crippen LogP contribution in [0.15, 0.2) is 0 Å². The second kappa shape index (κ2) is 4.94. The molecular weight excluding hydrogens is 218 g/mol. The number of rotatable bonds is 3. The third-order valence-electron chi connectivity index (χ3n) is 2.70. The largest absolute Gasteiger partial charge is 0.480 e. The van der Waals surface area contributed by atoms with E-state index in [4.69, 9.17) is 5.11 Å². The monoisotopic (exact) mass is 235 g/mol. The number of hydrogen-bond acceptors (Lipinski definition) is 4. The van der Waals surface area contributed by atoms with Crippen LogP contribution in [0.5, 0.6) is 0 Å². The average Bonchev–Trinajstić information content (AvgIpc) is 2.28. The molecule has 0 saturated carbocycles. The van der Waals surface area contributed by atoms with Crippen molar-refractivity contribution in [2.24, 2.45) is 0 Å². The Kier molecular flexibility index (Phi) is 4.10. The van der Waals surface area contributed by atoms with Crippen molar-refractivity contribution in [3.63, 3.8) is 0 Å². The summed E-state index contributed by atoms with van der Waals surface area (Å²) in [7, 11) is -2.95. The zero-order chi connectivity index (χ0) is 11.5. The first-order chi connectivity index (χ1) is 6.96. The molecule has 0 aromatic rings. The normalized spacial score (nSPS) is 24.3. The van der Waals surface area contributed by atoms with E-state index in [1.165, 1.54) is 0 Å². The molecule has 15 heavy (non-hydrogen) atoms. The fourth-order valence-corrected chi connectivity index (χ4v) is 3.14. The molecule has 1 aliphatic rings. The SMILES string of the molecule is CCC(C(=O)O)N1CCCS(=O)(=O)CC1. The smallest absolute Gasteiger partial charge is 0.320 e. The van der Waals surface area contributed by atoms with E-state index in [0.717, 1.165) is 0 Å². The van der Waals surface area contributed by atoms with Gasteiger partial charge < -0.3 is 5.11 Å². The zero-order valence-corrected chi connectivity index (χ0v) is 9.66. The summed E-state index contributed by atoms with van der Waals surface area (Å²) in [6, 6.07) is -0.543. The molecule has 88 valence electrons. The lowest BCUT2D eigenvalue weighted by Crippen LogP contribution is -2.42. The summed E-state index contributed by atoms with van der Waals surface area (Å²) in [4.78, 5) is 12.7. The van der Waals surface area contributed by atoms with Gasteiger partial charge in [0, 0.05) is 6.54 Å². The standard InChI is InChI=1S/C9H17NO4S/c1-2-8(9(11)12)10-4-3-6-15(13,14)7-5-10/h8H,2-7H2,1H3,(H,11,12). The Morgan fingerprint density at radius 1 is 1.40 bits per heavy atom. The van der Waals surface area contributed by atoms with Crippen molar-refractivity contribution in [1.82, 2.24) is 4.90 Å². The van der Waals surface area contributed by atoms with Crippen LogP contribution in [0.3, 0.4) is 0 Å². The Morgan fingerprint density at radius 3 is 2.60 bits per heavy atom. The maximum Gasteiger partial charge on any atom is 0.320 e.